The van der Waals surface area contributed by atoms with Gasteiger partial charge in [0.1, 0.15) is 23.4 Å². The lowest BCUT2D eigenvalue weighted by atomic mass is 10.2. The smallest absolute Gasteiger partial charge is 0.416 e. The Labute approximate surface area is 166 Å². The van der Waals surface area contributed by atoms with Crippen LogP contribution in [-0.2, 0) is 20.4 Å². The summed E-state index contributed by atoms with van der Waals surface area (Å²) in [5, 5.41) is 0. The van der Waals surface area contributed by atoms with E-state index in [2.05, 4.69) is 0 Å². The van der Waals surface area contributed by atoms with E-state index < -0.39 is 30.1 Å². The number of halogens is 3. The lowest BCUT2D eigenvalue weighted by Gasteiger charge is -2.13. The van der Waals surface area contributed by atoms with Gasteiger partial charge in [0.05, 0.1) is 5.56 Å². The van der Waals surface area contributed by atoms with E-state index in [4.69, 9.17) is 18.9 Å². The van der Waals surface area contributed by atoms with E-state index in [9.17, 15) is 18.0 Å². The average Bonchev–Trinajstić information content (AvgIpc) is 2.67. The zero-order valence-corrected chi connectivity index (χ0v) is 16.1. The number of hydrogen-bond acceptors (Lipinski definition) is 5. The Kier molecular flexibility index (Phi) is 7.67. The van der Waals surface area contributed by atoms with Crippen molar-refractivity contribution in [3.8, 4) is 17.2 Å². The van der Waals surface area contributed by atoms with Gasteiger partial charge in [0.15, 0.2) is 6.29 Å². The lowest BCUT2D eigenvalue weighted by Crippen LogP contribution is -2.15. The van der Waals surface area contributed by atoms with Crippen LogP contribution in [0.2, 0.25) is 0 Å². The molecule has 2 unspecified atom stereocenters. The molecule has 156 valence electrons. The highest BCUT2D eigenvalue weighted by Crippen LogP contribution is 2.31. The molecule has 0 aliphatic rings. The predicted octanol–water partition coefficient (Wildman–Crippen LogP) is 5.36. The van der Waals surface area contributed by atoms with Gasteiger partial charge in [-0.15, -0.1) is 0 Å². The van der Waals surface area contributed by atoms with Crippen molar-refractivity contribution in [2.75, 3.05) is 7.11 Å². The third-order valence-corrected chi connectivity index (χ3v) is 3.68. The first kappa shape index (κ1) is 22.3. The van der Waals surface area contributed by atoms with Crippen LogP contribution in [0.25, 0.3) is 0 Å². The van der Waals surface area contributed by atoms with Crippen LogP contribution in [0.1, 0.15) is 19.4 Å². The molecular weight excluding hydrogens is 389 g/mol. The first-order valence-corrected chi connectivity index (χ1v) is 8.71. The van der Waals surface area contributed by atoms with Gasteiger partial charge in [-0.1, -0.05) is 0 Å². The van der Waals surface area contributed by atoms with Crippen molar-refractivity contribution in [2.45, 2.75) is 32.4 Å². The second-order valence-corrected chi connectivity index (χ2v) is 6.02. The number of alkyl halides is 3. The second kappa shape index (κ2) is 9.97. The van der Waals surface area contributed by atoms with Gasteiger partial charge in [0.2, 0.25) is 0 Å². The van der Waals surface area contributed by atoms with Crippen LogP contribution >= 0.6 is 0 Å². The van der Waals surface area contributed by atoms with Gasteiger partial charge in [-0.2, -0.15) is 13.2 Å². The molecule has 0 heterocycles. The fourth-order valence-corrected chi connectivity index (χ4v) is 2.15. The van der Waals surface area contributed by atoms with Crippen molar-refractivity contribution in [3.05, 3.63) is 66.2 Å². The number of carbonyl (C=O) groups is 1. The number of rotatable bonds is 8. The number of hydrogen-bond donors (Lipinski definition) is 0. The van der Waals surface area contributed by atoms with Gasteiger partial charge in [-0.3, -0.25) is 0 Å². The van der Waals surface area contributed by atoms with E-state index in [0.717, 1.165) is 12.1 Å². The third-order valence-electron chi connectivity index (χ3n) is 3.68. The van der Waals surface area contributed by atoms with E-state index in [0.29, 0.717) is 11.5 Å². The van der Waals surface area contributed by atoms with Gasteiger partial charge < -0.3 is 18.9 Å². The molecule has 0 bridgehead atoms. The average molecular weight is 410 g/mol. The third kappa shape index (κ3) is 7.50. The first-order chi connectivity index (χ1) is 13.7. The molecule has 5 nitrogen and oxygen atoms in total. The Hall–Kier alpha value is -3.00. The van der Waals surface area contributed by atoms with Gasteiger partial charge in [-0.05, 0) is 68.5 Å². The summed E-state index contributed by atoms with van der Waals surface area (Å²) in [5.41, 5.74) is -0.740. The summed E-state index contributed by atoms with van der Waals surface area (Å²) >= 11 is 0. The molecular formula is C21H21F3O5. The normalized spacial score (nSPS) is 13.7. The minimum atomic E-state index is -4.39. The number of ether oxygens (including phenoxy) is 4. The molecule has 0 radical (unpaired) electrons. The second-order valence-electron chi connectivity index (χ2n) is 6.02. The van der Waals surface area contributed by atoms with E-state index in [1.165, 1.54) is 31.4 Å². The van der Waals surface area contributed by atoms with Crippen LogP contribution in [0.4, 0.5) is 13.2 Å². The molecule has 0 saturated heterocycles. The molecule has 0 fully saturated rings. The van der Waals surface area contributed by atoms with Crippen molar-refractivity contribution < 1.29 is 36.9 Å². The van der Waals surface area contributed by atoms with Crippen LogP contribution in [0.3, 0.4) is 0 Å². The van der Waals surface area contributed by atoms with E-state index in [1.807, 2.05) is 0 Å². The highest BCUT2D eigenvalue weighted by atomic mass is 19.4. The van der Waals surface area contributed by atoms with Crippen molar-refractivity contribution in [2.24, 2.45) is 0 Å². The summed E-state index contributed by atoms with van der Waals surface area (Å²) in [6, 6.07) is 11.0. The van der Waals surface area contributed by atoms with Gasteiger partial charge in [0, 0.05) is 13.2 Å². The SMILES string of the molecule is COC(C)OC(=O)C=CC(C)Oc1ccc(Oc2ccc(C(F)(F)F)cc2)cc1. The van der Waals surface area contributed by atoms with Gasteiger partial charge in [0.25, 0.3) is 0 Å². The van der Waals surface area contributed by atoms with Crippen molar-refractivity contribution >= 4 is 5.97 Å². The molecule has 0 spiro atoms. The summed E-state index contributed by atoms with van der Waals surface area (Å²) in [6.45, 7) is 3.34. The van der Waals surface area contributed by atoms with Gasteiger partial charge >= 0.3 is 12.1 Å². The molecule has 0 aromatic heterocycles. The maximum Gasteiger partial charge on any atom is 0.416 e. The Bertz CT molecular complexity index is 814. The van der Waals surface area contributed by atoms with Crippen LogP contribution < -0.4 is 9.47 Å². The molecule has 0 amide bonds. The summed E-state index contributed by atoms with van der Waals surface area (Å²) in [7, 11) is 1.43. The van der Waals surface area contributed by atoms with E-state index in [1.54, 1.807) is 38.1 Å². The molecule has 8 heteroatoms. The summed E-state index contributed by atoms with van der Waals surface area (Å²) in [5.74, 6) is 0.708. The molecule has 0 N–H and O–H groups in total. The fourth-order valence-electron chi connectivity index (χ4n) is 2.15. The Morgan fingerprint density at radius 3 is 1.97 bits per heavy atom. The van der Waals surface area contributed by atoms with Crippen molar-refractivity contribution in [1.82, 2.24) is 0 Å². The monoisotopic (exact) mass is 410 g/mol. The summed E-state index contributed by atoms with van der Waals surface area (Å²) in [4.78, 5) is 11.5. The van der Waals surface area contributed by atoms with Gasteiger partial charge in [-0.25, -0.2) is 4.79 Å². The quantitative estimate of drug-likeness (QED) is 0.333. The highest BCUT2D eigenvalue weighted by Gasteiger charge is 2.30. The number of benzene rings is 2. The fraction of sp³-hybridized carbons (Fsp3) is 0.286. The molecule has 2 aromatic rings. The molecule has 0 aliphatic heterocycles. The standard InChI is InChI=1S/C21H21F3O5/c1-14(4-13-20(25)28-15(2)26-3)27-17-9-11-19(12-10-17)29-18-7-5-16(6-8-18)21(22,23)24/h4-15H,1-3H3. The predicted molar refractivity (Wildman–Crippen MR) is 99.8 cm³/mol. The van der Waals surface area contributed by atoms with Crippen molar-refractivity contribution in [1.29, 1.82) is 0 Å². The molecule has 29 heavy (non-hydrogen) atoms. The van der Waals surface area contributed by atoms with Crippen LogP contribution in [0.5, 0.6) is 17.2 Å². The largest absolute Gasteiger partial charge is 0.487 e. The van der Waals surface area contributed by atoms with Crippen LogP contribution in [0.15, 0.2) is 60.7 Å². The van der Waals surface area contributed by atoms with E-state index >= 15 is 0 Å². The molecule has 0 saturated carbocycles. The van der Waals surface area contributed by atoms with Crippen molar-refractivity contribution in [3.63, 3.8) is 0 Å². The van der Waals surface area contributed by atoms with E-state index in [-0.39, 0.29) is 5.75 Å². The maximum atomic E-state index is 12.6. The summed E-state index contributed by atoms with van der Waals surface area (Å²) < 4.78 is 58.6. The highest BCUT2D eigenvalue weighted by molar-refractivity contribution is 5.82. The molecule has 2 aromatic carbocycles. The summed E-state index contributed by atoms with van der Waals surface area (Å²) in [6.07, 6.45) is -2.64. The van der Waals surface area contributed by atoms with Crippen LogP contribution in [-0.4, -0.2) is 25.5 Å². The Balaban J connectivity index is 1.89. The topological polar surface area (TPSA) is 54.0 Å². The lowest BCUT2D eigenvalue weighted by molar-refractivity contribution is -0.163. The zero-order chi connectivity index (χ0) is 21.4. The zero-order valence-electron chi connectivity index (χ0n) is 16.1. The number of carbonyl (C=O) groups excluding carboxylic acids is 1. The minimum absolute atomic E-state index is 0.284. The molecule has 0 aliphatic carbocycles. The molecule has 2 rings (SSSR count). The minimum Gasteiger partial charge on any atom is -0.487 e. The van der Waals surface area contributed by atoms with Crippen LogP contribution in [0, 0.1) is 0 Å². The number of esters is 1. The first-order valence-electron chi connectivity index (χ1n) is 8.71. The number of methoxy groups -OCH3 is 1. The molecule has 2 atom stereocenters. The maximum absolute atomic E-state index is 12.6. The Morgan fingerprint density at radius 2 is 1.45 bits per heavy atom. The Morgan fingerprint density at radius 1 is 0.931 bits per heavy atom.